The SMILES string of the molecule is CCN(c1ccccc1)S(=O)(=O)c1cc(NC(=O)c2ccccc2[N+](=O)[O-])ccc1Cl. The van der Waals surface area contributed by atoms with Crippen molar-refractivity contribution in [1.29, 1.82) is 0 Å². The zero-order chi connectivity index (χ0) is 22.6. The van der Waals surface area contributed by atoms with Crippen LogP contribution in [0.25, 0.3) is 0 Å². The van der Waals surface area contributed by atoms with Crippen LogP contribution in [-0.2, 0) is 10.0 Å². The third-order valence-corrected chi connectivity index (χ3v) is 6.82. The summed E-state index contributed by atoms with van der Waals surface area (Å²) in [6.45, 7) is 1.86. The van der Waals surface area contributed by atoms with Crippen molar-refractivity contribution in [2.45, 2.75) is 11.8 Å². The Hall–Kier alpha value is -3.43. The Morgan fingerprint density at radius 3 is 2.35 bits per heavy atom. The van der Waals surface area contributed by atoms with Crippen LogP contribution in [0.1, 0.15) is 17.3 Å². The highest BCUT2D eigenvalue weighted by molar-refractivity contribution is 7.93. The lowest BCUT2D eigenvalue weighted by molar-refractivity contribution is -0.385. The van der Waals surface area contributed by atoms with Crippen LogP contribution in [0, 0.1) is 10.1 Å². The summed E-state index contributed by atoms with van der Waals surface area (Å²) in [5.74, 6) is -0.742. The smallest absolute Gasteiger partial charge is 0.282 e. The van der Waals surface area contributed by atoms with Crippen molar-refractivity contribution in [3.63, 3.8) is 0 Å². The molecule has 10 heteroatoms. The number of carbonyl (C=O) groups excluding carboxylic acids is 1. The minimum atomic E-state index is -4.04. The summed E-state index contributed by atoms with van der Waals surface area (Å²) in [7, 11) is -4.04. The van der Waals surface area contributed by atoms with Crippen molar-refractivity contribution in [2.75, 3.05) is 16.2 Å². The van der Waals surface area contributed by atoms with Gasteiger partial charge < -0.3 is 5.32 Å². The Morgan fingerprint density at radius 1 is 1.06 bits per heavy atom. The van der Waals surface area contributed by atoms with Crippen LogP contribution in [0.3, 0.4) is 0 Å². The van der Waals surface area contributed by atoms with Crippen LogP contribution < -0.4 is 9.62 Å². The summed E-state index contributed by atoms with van der Waals surface area (Å²) < 4.78 is 27.7. The first-order chi connectivity index (χ1) is 14.8. The summed E-state index contributed by atoms with van der Waals surface area (Å²) in [5, 5.41) is 13.7. The van der Waals surface area contributed by atoms with E-state index in [1.807, 2.05) is 0 Å². The van der Waals surface area contributed by atoms with E-state index in [0.29, 0.717) is 5.69 Å². The van der Waals surface area contributed by atoms with Gasteiger partial charge in [-0.15, -0.1) is 0 Å². The predicted octanol–water partition coefficient (Wildman–Crippen LogP) is 4.72. The fourth-order valence-corrected chi connectivity index (χ4v) is 4.98. The molecule has 8 nitrogen and oxygen atoms in total. The van der Waals surface area contributed by atoms with Gasteiger partial charge >= 0.3 is 0 Å². The van der Waals surface area contributed by atoms with Crippen molar-refractivity contribution < 1.29 is 18.1 Å². The van der Waals surface area contributed by atoms with Crippen LogP contribution in [-0.4, -0.2) is 25.8 Å². The number of halogens is 1. The molecule has 31 heavy (non-hydrogen) atoms. The van der Waals surface area contributed by atoms with Crippen LogP contribution in [0.4, 0.5) is 17.1 Å². The molecule has 0 saturated heterocycles. The third kappa shape index (κ3) is 4.68. The molecule has 0 fully saturated rings. The molecule has 160 valence electrons. The second-order valence-electron chi connectivity index (χ2n) is 6.38. The molecule has 3 aromatic carbocycles. The van der Waals surface area contributed by atoms with Crippen molar-refractivity contribution in [1.82, 2.24) is 0 Å². The summed E-state index contributed by atoms with van der Waals surface area (Å²) >= 11 is 6.18. The topological polar surface area (TPSA) is 110 Å². The number of para-hydroxylation sites is 2. The Bertz CT molecular complexity index is 1230. The first-order valence-electron chi connectivity index (χ1n) is 9.17. The number of sulfonamides is 1. The molecule has 0 saturated carbocycles. The first-order valence-corrected chi connectivity index (χ1v) is 11.0. The molecule has 0 heterocycles. The van der Waals surface area contributed by atoms with E-state index >= 15 is 0 Å². The number of hydrogen-bond acceptors (Lipinski definition) is 5. The van der Waals surface area contributed by atoms with E-state index in [9.17, 15) is 23.3 Å². The molecule has 0 radical (unpaired) electrons. The van der Waals surface area contributed by atoms with Crippen molar-refractivity contribution in [2.24, 2.45) is 0 Å². The average molecular weight is 460 g/mol. The second kappa shape index (κ2) is 9.15. The van der Waals surface area contributed by atoms with E-state index in [-0.39, 0.29) is 33.4 Å². The highest BCUT2D eigenvalue weighted by atomic mass is 35.5. The molecule has 3 aromatic rings. The van der Waals surface area contributed by atoms with Crippen LogP contribution in [0.2, 0.25) is 5.02 Å². The Morgan fingerprint density at radius 2 is 1.71 bits per heavy atom. The summed E-state index contributed by atoms with van der Waals surface area (Å²) in [4.78, 5) is 22.9. The van der Waals surface area contributed by atoms with Gasteiger partial charge in [0.15, 0.2) is 0 Å². The normalized spacial score (nSPS) is 11.0. The molecule has 0 unspecified atom stereocenters. The molecule has 0 bridgehead atoms. The van der Waals surface area contributed by atoms with Crippen LogP contribution >= 0.6 is 11.6 Å². The molecule has 0 aliphatic carbocycles. The molecule has 1 N–H and O–H groups in total. The third-order valence-electron chi connectivity index (χ3n) is 4.43. The van der Waals surface area contributed by atoms with E-state index in [4.69, 9.17) is 11.6 Å². The summed E-state index contributed by atoms with van der Waals surface area (Å²) in [5.41, 5.74) is 0.0972. The van der Waals surface area contributed by atoms with Gasteiger partial charge in [0, 0.05) is 18.3 Å². The van der Waals surface area contributed by atoms with Gasteiger partial charge in [0.05, 0.1) is 15.6 Å². The second-order valence-corrected chi connectivity index (χ2v) is 8.62. The number of nitrogens with zero attached hydrogens (tertiary/aromatic N) is 2. The highest BCUT2D eigenvalue weighted by Gasteiger charge is 2.27. The number of nitrogens with one attached hydrogen (secondary N) is 1. The minimum Gasteiger partial charge on any atom is -0.322 e. The number of carbonyl (C=O) groups is 1. The van der Waals surface area contributed by atoms with E-state index in [1.165, 1.54) is 46.8 Å². The molecule has 0 spiro atoms. The molecule has 1 amide bonds. The van der Waals surface area contributed by atoms with Gasteiger partial charge in [-0.05, 0) is 43.3 Å². The van der Waals surface area contributed by atoms with E-state index < -0.39 is 20.9 Å². The first kappa shape index (κ1) is 22.3. The fraction of sp³-hybridized carbons (Fsp3) is 0.0952. The van der Waals surface area contributed by atoms with Crippen LogP contribution in [0.15, 0.2) is 77.7 Å². The van der Waals surface area contributed by atoms with E-state index in [1.54, 1.807) is 37.3 Å². The zero-order valence-corrected chi connectivity index (χ0v) is 17.9. The fourth-order valence-electron chi connectivity index (χ4n) is 3.01. The largest absolute Gasteiger partial charge is 0.322 e. The van der Waals surface area contributed by atoms with Gasteiger partial charge in [-0.2, -0.15) is 0 Å². The summed E-state index contributed by atoms with van der Waals surface area (Å²) in [6, 6.07) is 18.0. The van der Waals surface area contributed by atoms with E-state index in [2.05, 4.69) is 5.32 Å². The number of rotatable bonds is 7. The molecule has 0 atom stereocenters. The lowest BCUT2D eigenvalue weighted by atomic mass is 10.1. The Balaban J connectivity index is 1.97. The maximum absolute atomic E-state index is 13.3. The maximum Gasteiger partial charge on any atom is 0.282 e. The lowest BCUT2D eigenvalue weighted by Crippen LogP contribution is -2.31. The molecule has 0 aromatic heterocycles. The van der Waals surface area contributed by atoms with Crippen molar-refractivity contribution >= 4 is 44.6 Å². The standard InChI is InChI=1S/C21H18ClN3O5S/c1-2-24(16-8-4-3-5-9-16)31(29,30)20-14-15(12-13-18(20)22)23-21(26)17-10-6-7-11-19(17)25(27)28/h3-14H,2H2,1H3,(H,23,26). The molecular formula is C21H18ClN3O5S. The van der Waals surface area contributed by atoms with Gasteiger partial charge in [0.1, 0.15) is 10.5 Å². The van der Waals surface area contributed by atoms with Crippen LogP contribution in [0.5, 0.6) is 0 Å². The number of nitro groups is 1. The monoisotopic (exact) mass is 459 g/mol. The predicted molar refractivity (Wildman–Crippen MR) is 119 cm³/mol. The quantitative estimate of drug-likeness (QED) is 0.406. The average Bonchev–Trinajstić information content (AvgIpc) is 2.76. The molecule has 0 aliphatic heterocycles. The number of anilines is 2. The van der Waals surface area contributed by atoms with Crippen molar-refractivity contribution in [3.8, 4) is 0 Å². The Kier molecular flexibility index (Phi) is 6.57. The molecule has 0 aliphatic rings. The number of amides is 1. The highest BCUT2D eigenvalue weighted by Crippen LogP contribution is 2.31. The lowest BCUT2D eigenvalue weighted by Gasteiger charge is -2.23. The number of nitro benzene ring substituents is 1. The molecule has 3 rings (SSSR count). The van der Waals surface area contributed by atoms with Gasteiger partial charge in [-0.1, -0.05) is 41.9 Å². The van der Waals surface area contributed by atoms with Gasteiger partial charge in [-0.25, -0.2) is 8.42 Å². The van der Waals surface area contributed by atoms with Crippen molar-refractivity contribution in [3.05, 3.63) is 93.5 Å². The van der Waals surface area contributed by atoms with Gasteiger partial charge in [0.2, 0.25) is 0 Å². The Labute approximate surface area is 184 Å². The number of hydrogen-bond donors (Lipinski definition) is 1. The zero-order valence-electron chi connectivity index (χ0n) is 16.4. The van der Waals surface area contributed by atoms with Gasteiger partial charge in [-0.3, -0.25) is 19.2 Å². The summed E-state index contributed by atoms with van der Waals surface area (Å²) in [6.07, 6.45) is 0. The maximum atomic E-state index is 13.3. The molecular weight excluding hydrogens is 442 g/mol. The van der Waals surface area contributed by atoms with Gasteiger partial charge in [0.25, 0.3) is 21.6 Å². The minimum absolute atomic E-state index is 0.0157. The number of benzene rings is 3. The van der Waals surface area contributed by atoms with E-state index in [0.717, 1.165) is 0 Å².